The first-order valence-electron chi connectivity index (χ1n) is 6.59. The summed E-state index contributed by atoms with van der Waals surface area (Å²) in [4.78, 5) is 13.6. The number of carboxylic acid groups (broad SMARTS) is 1. The first kappa shape index (κ1) is 13.5. The Morgan fingerprint density at radius 1 is 1.25 bits per heavy atom. The van der Waals surface area contributed by atoms with Gasteiger partial charge in [0.1, 0.15) is 5.54 Å². The SMILES string of the molecule is CCCCCC(C)(C(=O)O)N1CCCCC1. The second-order valence-corrected chi connectivity index (χ2v) is 5.08. The van der Waals surface area contributed by atoms with Gasteiger partial charge in [-0.25, -0.2) is 0 Å². The molecule has 0 radical (unpaired) electrons. The van der Waals surface area contributed by atoms with Gasteiger partial charge >= 0.3 is 5.97 Å². The molecule has 0 bridgehead atoms. The lowest BCUT2D eigenvalue weighted by molar-refractivity contribution is -0.152. The molecule has 1 fully saturated rings. The number of carboxylic acids is 1. The average molecular weight is 227 g/mol. The van der Waals surface area contributed by atoms with Crippen molar-refractivity contribution >= 4 is 5.97 Å². The number of piperidine rings is 1. The molecule has 0 aliphatic carbocycles. The third-order valence-electron chi connectivity index (χ3n) is 3.78. The number of unbranched alkanes of at least 4 members (excludes halogenated alkanes) is 2. The van der Waals surface area contributed by atoms with Crippen LogP contribution >= 0.6 is 0 Å². The van der Waals surface area contributed by atoms with Crippen LogP contribution in [-0.2, 0) is 4.79 Å². The van der Waals surface area contributed by atoms with Crippen LogP contribution in [0.5, 0.6) is 0 Å². The number of likely N-dealkylation sites (tertiary alicyclic amines) is 1. The van der Waals surface area contributed by atoms with E-state index in [-0.39, 0.29) is 0 Å². The average Bonchev–Trinajstić information content (AvgIpc) is 2.30. The van der Waals surface area contributed by atoms with E-state index >= 15 is 0 Å². The van der Waals surface area contributed by atoms with Crippen molar-refractivity contribution in [3.63, 3.8) is 0 Å². The summed E-state index contributed by atoms with van der Waals surface area (Å²) in [5.41, 5.74) is -0.629. The highest BCUT2D eigenvalue weighted by Gasteiger charge is 2.39. The van der Waals surface area contributed by atoms with Gasteiger partial charge in [-0.3, -0.25) is 9.69 Å². The molecule has 3 heteroatoms. The summed E-state index contributed by atoms with van der Waals surface area (Å²) in [7, 11) is 0. The van der Waals surface area contributed by atoms with E-state index in [1.165, 1.54) is 6.42 Å². The molecule has 0 amide bonds. The van der Waals surface area contributed by atoms with Gasteiger partial charge in [-0.05, 0) is 39.3 Å². The number of hydrogen-bond acceptors (Lipinski definition) is 2. The van der Waals surface area contributed by atoms with Crippen LogP contribution in [0.25, 0.3) is 0 Å². The molecule has 1 rings (SSSR count). The van der Waals surface area contributed by atoms with Gasteiger partial charge in [-0.1, -0.05) is 32.6 Å². The van der Waals surface area contributed by atoms with Gasteiger partial charge in [0.15, 0.2) is 0 Å². The maximum atomic E-state index is 11.5. The minimum Gasteiger partial charge on any atom is -0.480 e. The van der Waals surface area contributed by atoms with Crippen LogP contribution in [0, 0.1) is 0 Å². The lowest BCUT2D eigenvalue weighted by atomic mass is 9.90. The molecular formula is C13H25NO2. The van der Waals surface area contributed by atoms with Gasteiger partial charge in [-0.2, -0.15) is 0 Å². The van der Waals surface area contributed by atoms with E-state index in [4.69, 9.17) is 0 Å². The Morgan fingerprint density at radius 3 is 2.38 bits per heavy atom. The molecule has 94 valence electrons. The highest BCUT2D eigenvalue weighted by Crippen LogP contribution is 2.26. The summed E-state index contributed by atoms with van der Waals surface area (Å²) in [5, 5.41) is 9.44. The van der Waals surface area contributed by atoms with E-state index < -0.39 is 11.5 Å². The third kappa shape index (κ3) is 3.21. The predicted molar refractivity (Wildman–Crippen MR) is 65.6 cm³/mol. The summed E-state index contributed by atoms with van der Waals surface area (Å²) in [6.45, 7) is 5.96. The van der Waals surface area contributed by atoms with E-state index in [2.05, 4.69) is 11.8 Å². The minimum atomic E-state index is -0.648. The molecule has 1 unspecified atom stereocenters. The Morgan fingerprint density at radius 2 is 1.88 bits per heavy atom. The van der Waals surface area contributed by atoms with Crippen molar-refractivity contribution < 1.29 is 9.90 Å². The molecule has 0 spiro atoms. The molecule has 16 heavy (non-hydrogen) atoms. The van der Waals surface area contributed by atoms with E-state index in [9.17, 15) is 9.90 Å². The Bertz CT molecular complexity index is 224. The molecule has 0 aromatic rings. The van der Waals surface area contributed by atoms with Crippen LogP contribution in [-0.4, -0.2) is 34.6 Å². The highest BCUT2D eigenvalue weighted by atomic mass is 16.4. The highest BCUT2D eigenvalue weighted by molar-refractivity contribution is 5.78. The number of rotatable bonds is 6. The molecule has 1 aliphatic rings. The molecule has 0 saturated carbocycles. The fourth-order valence-corrected chi connectivity index (χ4v) is 2.51. The smallest absolute Gasteiger partial charge is 0.323 e. The zero-order valence-electron chi connectivity index (χ0n) is 10.7. The zero-order chi connectivity index (χ0) is 12.0. The third-order valence-corrected chi connectivity index (χ3v) is 3.78. The van der Waals surface area contributed by atoms with Crippen molar-refractivity contribution in [2.75, 3.05) is 13.1 Å². The predicted octanol–water partition coefficient (Wildman–Crippen LogP) is 2.90. The van der Waals surface area contributed by atoms with E-state index in [0.29, 0.717) is 0 Å². The molecule has 1 atom stereocenters. The van der Waals surface area contributed by atoms with Crippen molar-refractivity contribution in [3.05, 3.63) is 0 Å². The normalized spacial score (nSPS) is 21.6. The maximum absolute atomic E-state index is 11.5. The summed E-state index contributed by atoms with van der Waals surface area (Å²) >= 11 is 0. The fraction of sp³-hybridized carbons (Fsp3) is 0.923. The van der Waals surface area contributed by atoms with E-state index in [1.807, 2.05) is 6.92 Å². The Labute approximate surface area is 98.8 Å². The van der Waals surface area contributed by atoms with Gasteiger partial charge in [0.25, 0.3) is 0 Å². The second-order valence-electron chi connectivity index (χ2n) is 5.08. The van der Waals surface area contributed by atoms with Crippen molar-refractivity contribution in [1.29, 1.82) is 0 Å². The molecular weight excluding hydrogens is 202 g/mol. The summed E-state index contributed by atoms with van der Waals surface area (Å²) in [6.07, 6.45) is 7.65. The van der Waals surface area contributed by atoms with Crippen LogP contribution in [0.4, 0.5) is 0 Å². The van der Waals surface area contributed by atoms with Gasteiger partial charge in [0.2, 0.25) is 0 Å². The summed E-state index contributed by atoms with van der Waals surface area (Å²) in [6, 6.07) is 0. The van der Waals surface area contributed by atoms with E-state index in [1.54, 1.807) is 0 Å². The molecule has 0 aromatic carbocycles. The van der Waals surface area contributed by atoms with Gasteiger partial charge in [0.05, 0.1) is 0 Å². The van der Waals surface area contributed by atoms with Crippen molar-refractivity contribution in [1.82, 2.24) is 4.90 Å². The van der Waals surface area contributed by atoms with Crippen LogP contribution in [0.3, 0.4) is 0 Å². The number of aliphatic carboxylic acids is 1. The lowest BCUT2D eigenvalue weighted by Crippen LogP contribution is -2.54. The maximum Gasteiger partial charge on any atom is 0.323 e. The second kappa shape index (κ2) is 6.24. The van der Waals surface area contributed by atoms with Gasteiger partial charge in [-0.15, -0.1) is 0 Å². The monoisotopic (exact) mass is 227 g/mol. The largest absolute Gasteiger partial charge is 0.480 e. The Balaban J connectivity index is 2.58. The molecule has 3 nitrogen and oxygen atoms in total. The topological polar surface area (TPSA) is 40.5 Å². The number of hydrogen-bond donors (Lipinski definition) is 1. The van der Waals surface area contributed by atoms with Crippen LogP contribution in [0.2, 0.25) is 0 Å². The minimum absolute atomic E-state index is 0.629. The molecule has 0 aromatic heterocycles. The van der Waals surface area contributed by atoms with Crippen LogP contribution < -0.4 is 0 Å². The molecule has 1 N–H and O–H groups in total. The Kier molecular flexibility index (Phi) is 5.26. The molecule has 1 aliphatic heterocycles. The lowest BCUT2D eigenvalue weighted by Gasteiger charge is -2.40. The number of nitrogens with zero attached hydrogens (tertiary/aromatic N) is 1. The Hall–Kier alpha value is -0.570. The van der Waals surface area contributed by atoms with Crippen molar-refractivity contribution in [3.8, 4) is 0 Å². The fourth-order valence-electron chi connectivity index (χ4n) is 2.51. The zero-order valence-corrected chi connectivity index (χ0v) is 10.7. The summed E-state index contributed by atoms with van der Waals surface area (Å²) < 4.78 is 0. The molecule has 1 heterocycles. The van der Waals surface area contributed by atoms with Crippen LogP contribution in [0.15, 0.2) is 0 Å². The first-order valence-corrected chi connectivity index (χ1v) is 6.59. The van der Waals surface area contributed by atoms with Crippen molar-refractivity contribution in [2.45, 2.75) is 64.3 Å². The quantitative estimate of drug-likeness (QED) is 0.709. The molecule has 1 saturated heterocycles. The van der Waals surface area contributed by atoms with Crippen LogP contribution in [0.1, 0.15) is 58.8 Å². The number of carbonyl (C=O) groups is 1. The van der Waals surface area contributed by atoms with E-state index in [0.717, 1.165) is 51.6 Å². The van der Waals surface area contributed by atoms with Gasteiger partial charge in [0, 0.05) is 0 Å². The first-order chi connectivity index (χ1) is 7.61. The van der Waals surface area contributed by atoms with Crippen molar-refractivity contribution in [2.24, 2.45) is 0 Å². The van der Waals surface area contributed by atoms with Gasteiger partial charge < -0.3 is 5.11 Å². The standard InChI is InChI=1S/C13H25NO2/c1-3-4-6-9-13(2,12(15)16)14-10-7-5-8-11-14/h3-11H2,1-2H3,(H,15,16). The summed E-state index contributed by atoms with van der Waals surface area (Å²) in [5.74, 6) is -0.648.